The Morgan fingerprint density at radius 3 is 2.62 bits per heavy atom. The molecule has 3 aromatic carbocycles. The number of hydrogen-bond acceptors (Lipinski definition) is 6. The van der Waals surface area contributed by atoms with E-state index in [1.165, 1.54) is 29.2 Å². The Labute approximate surface area is 191 Å². The minimum Gasteiger partial charge on any atom is -0.507 e. The highest BCUT2D eigenvalue weighted by molar-refractivity contribution is 9.10. The van der Waals surface area contributed by atoms with Gasteiger partial charge < -0.3 is 5.11 Å². The van der Waals surface area contributed by atoms with E-state index >= 15 is 0 Å². The van der Waals surface area contributed by atoms with Crippen LogP contribution >= 0.6 is 15.9 Å². The highest BCUT2D eigenvalue weighted by Gasteiger charge is 2.09. The van der Waals surface area contributed by atoms with Crippen LogP contribution in [0.2, 0.25) is 0 Å². The SMILES string of the molecule is O=[N+]([O-])c1cccc(C=Nn2cc(-c3ccccc3)nc2/N=C/c2cc(Br)ccc2O)c1. The van der Waals surface area contributed by atoms with Gasteiger partial charge in [-0.15, -0.1) is 0 Å². The maximum absolute atomic E-state index is 11.0. The van der Waals surface area contributed by atoms with Gasteiger partial charge in [0.15, 0.2) is 0 Å². The number of nitro benzene ring substituents is 1. The zero-order valence-corrected chi connectivity index (χ0v) is 18.1. The third-order valence-electron chi connectivity index (χ3n) is 4.46. The maximum Gasteiger partial charge on any atom is 0.270 e. The number of phenolic OH excluding ortho intramolecular Hbond substituents is 1. The number of rotatable bonds is 6. The van der Waals surface area contributed by atoms with Crippen LogP contribution in [0, 0.1) is 10.1 Å². The molecule has 0 aliphatic heterocycles. The van der Waals surface area contributed by atoms with Crippen LogP contribution in [0.15, 0.2) is 93.6 Å². The molecule has 0 radical (unpaired) electrons. The summed E-state index contributed by atoms with van der Waals surface area (Å²) in [6, 6.07) is 20.8. The van der Waals surface area contributed by atoms with Gasteiger partial charge in [0.25, 0.3) is 11.6 Å². The number of phenols is 1. The molecular formula is C23H16BrN5O3. The standard InChI is InChI=1S/C23H16BrN5O3/c24-19-9-10-22(30)18(12-19)14-25-23-27-21(17-6-2-1-3-7-17)15-28(23)26-13-16-5-4-8-20(11-16)29(31)32/h1-15,30H/b25-14+,26-13?. The van der Waals surface area contributed by atoms with Gasteiger partial charge in [-0.25, -0.2) is 14.7 Å². The first-order valence-corrected chi connectivity index (χ1v) is 10.2. The Hall–Kier alpha value is -4.11. The molecule has 0 unspecified atom stereocenters. The van der Waals surface area contributed by atoms with Gasteiger partial charge in [0, 0.05) is 39.5 Å². The second-order valence-corrected chi connectivity index (χ2v) is 7.61. The quantitative estimate of drug-likeness (QED) is 0.217. The van der Waals surface area contributed by atoms with Crippen molar-refractivity contribution in [3.8, 4) is 17.0 Å². The summed E-state index contributed by atoms with van der Waals surface area (Å²) in [6.07, 6.45) is 4.71. The Kier molecular flexibility index (Phi) is 6.18. The molecular weight excluding hydrogens is 474 g/mol. The molecule has 4 rings (SSSR count). The van der Waals surface area contributed by atoms with Crippen LogP contribution in [0.5, 0.6) is 5.75 Å². The summed E-state index contributed by atoms with van der Waals surface area (Å²) in [5.41, 5.74) is 2.60. The molecule has 8 nitrogen and oxygen atoms in total. The molecule has 0 spiro atoms. The van der Waals surface area contributed by atoms with Gasteiger partial charge in [-0.05, 0) is 18.2 Å². The summed E-state index contributed by atoms with van der Waals surface area (Å²) in [6.45, 7) is 0. The van der Waals surface area contributed by atoms with Crippen molar-refractivity contribution in [2.45, 2.75) is 0 Å². The molecule has 0 aliphatic rings. The van der Waals surface area contributed by atoms with E-state index in [1.54, 1.807) is 36.5 Å². The zero-order valence-electron chi connectivity index (χ0n) is 16.5. The van der Waals surface area contributed by atoms with Crippen molar-refractivity contribution in [1.29, 1.82) is 0 Å². The van der Waals surface area contributed by atoms with Gasteiger partial charge in [0.2, 0.25) is 0 Å². The van der Waals surface area contributed by atoms with E-state index in [0.29, 0.717) is 16.8 Å². The topological polar surface area (TPSA) is 106 Å². The Balaban J connectivity index is 1.72. The predicted molar refractivity (Wildman–Crippen MR) is 127 cm³/mol. The normalized spacial score (nSPS) is 11.4. The number of aromatic hydroxyl groups is 1. The van der Waals surface area contributed by atoms with Crippen LogP contribution in [-0.4, -0.2) is 32.1 Å². The third-order valence-corrected chi connectivity index (χ3v) is 4.95. The van der Waals surface area contributed by atoms with Crippen LogP contribution in [0.25, 0.3) is 11.3 Å². The van der Waals surface area contributed by atoms with Crippen LogP contribution in [-0.2, 0) is 0 Å². The second-order valence-electron chi connectivity index (χ2n) is 6.69. The van der Waals surface area contributed by atoms with Crippen LogP contribution in [0.4, 0.5) is 11.6 Å². The Morgan fingerprint density at radius 1 is 1.03 bits per heavy atom. The highest BCUT2D eigenvalue weighted by atomic mass is 79.9. The van der Waals surface area contributed by atoms with Gasteiger partial charge in [0.05, 0.1) is 23.0 Å². The van der Waals surface area contributed by atoms with E-state index < -0.39 is 4.92 Å². The number of benzene rings is 3. The summed E-state index contributed by atoms with van der Waals surface area (Å²) in [5.74, 6) is 0.364. The van der Waals surface area contributed by atoms with Crippen LogP contribution in [0.1, 0.15) is 11.1 Å². The summed E-state index contributed by atoms with van der Waals surface area (Å²) < 4.78 is 2.28. The monoisotopic (exact) mass is 489 g/mol. The lowest BCUT2D eigenvalue weighted by molar-refractivity contribution is -0.384. The minimum absolute atomic E-state index is 0.0204. The Morgan fingerprint density at radius 2 is 1.84 bits per heavy atom. The van der Waals surface area contributed by atoms with Gasteiger partial charge in [-0.2, -0.15) is 5.10 Å². The van der Waals surface area contributed by atoms with Crippen molar-refractivity contribution in [3.63, 3.8) is 0 Å². The molecule has 4 aromatic rings. The second kappa shape index (κ2) is 9.36. The van der Waals surface area contributed by atoms with Gasteiger partial charge in [0.1, 0.15) is 5.75 Å². The molecule has 1 aromatic heterocycles. The molecule has 0 atom stereocenters. The van der Waals surface area contributed by atoms with E-state index in [-0.39, 0.29) is 17.4 Å². The van der Waals surface area contributed by atoms with E-state index in [9.17, 15) is 15.2 Å². The van der Waals surface area contributed by atoms with E-state index in [1.807, 2.05) is 30.3 Å². The predicted octanol–water partition coefficient (Wildman–Crippen LogP) is 5.56. The number of aromatic nitrogens is 2. The number of nitrogens with zero attached hydrogens (tertiary/aromatic N) is 5. The molecule has 1 heterocycles. The summed E-state index contributed by atoms with van der Waals surface area (Å²) in [4.78, 5) is 19.5. The van der Waals surface area contributed by atoms with Crippen molar-refractivity contribution in [3.05, 3.63) is 105 Å². The van der Waals surface area contributed by atoms with Crippen LogP contribution in [0.3, 0.4) is 0 Å². The number of nitro groups is 1. The summed E-state index contributed by atoms with van der Waals surface area (Å²) in [7, 11) is 0. The lowest BCUT2D eigenvalue weighted by atomic mass is 10.2. The maximum atomic E-state index is 11.0. The molecule has 158 valence electrons. The zero-order chi connectivity index (χ0) is 22.5. The van der Waals surface area contributed by atoms with Gasteiger partial charge in [-0.1, -0.05) is 58.4 Å². The average molecular weight is 490 g/mol. The van der Waals surface area contributed by atoms with Gasteiger partial charge in [-0.3, -0.25) is 10.1 Å². The number of aliphatic imine (C=N–C) groups is 1. The number of halogens is 1. The number of hydrogen-bond donors (Lipinski definition) is 1. The molecule has 0 bridgehead atoms. The molecule has 32 heavy (non-hydrogen) atoms. The first-order valence-electron chi connectivity index (χ1n) is 9.46. The first-order chi connectivity index (χ1) is 15.5. The van der Waals surface area contributed by atoms with Crippen molar-refractivity contribution in [1.82, 2.24) is 9.66 Å². The Bertz CT molecular complexity index is 1330. The van der Waals surface area contributed by atoms with E-state index in [4.69, 9.17) is 0 Å². The molecule has 1 N–H and O–H groups in total. The molecule has 0 fully saturated rings. The lowest BCUT2D eigenvalue weighted by Gasteiger charge is -2.00. The number of imidazole rings is 1. The summed E-state index contributed by atoms with van der Waals surface area (Å²) >= 11 is 3.37. The fourth-order valence-corrected chi connectivity index (χ4v) is 3.26. The van der Waals surface area contributed by atoms with Crippen molar-refractivity contribution in [2.24, 2.45) is 10.1 Å². The fraction of sp³-hybridized carbons (Fsp3) is 0. The molecule has 9 heteroatoms. The lowest BCUT2D eigenvalue weighted by Crippen LogP contribution is -1.92. The minimum atomic E-state index is -0.456. The van der Waals surface area contributed by atoms with E-state index in [0.717, 1.165) is 10.0 Å². The molecule has 0 aliphatic carbocycles. The van der Waals surface area contributed by atoms with Crippen LogP contribution < -0.4 is 0 Å². The average Bonchev–Trinajstić information content (AvgIpc) is 3.22. The van der Waals surface area contributed by atoms with Crippen molar-refractivity contribution < 1.29 is 10.0 Å². The number of non-ortho nitro benzene ring substituents is 1. The van der Waals surface area contributed by atoms with Crippen molar-refractivity contribution >= 4 is 40.0 Å². The molecule has 0 amide bonds. The van der Waals surface area contributed by atoms with Gasteiger partial charge >= 0.3 is 0 Å². The fourth-order valence-electron chi connectivity index (χ4n) is 2.89. The first kappa shape index (κ1) is 21.1. The molecule has 0 saturated heterocycles. The highest BCUT2D eigenvalue weighted by Crippen LogP contribution is 2.24. The smallest absolute Gasteiger partial charge is 0.270 e. The summed E-state index contributed by atoms with van der Waals surface area (Å²) in [5, 5.41) is 25.5. The molecule has 0 saturated carbocycles. The van der Waals surface area contributed by atoms with E-state index in [2.05, 4.69) is 31.0 Å². The third kappa shape index (κ3) is 4.96. The van der Waals surface area contributed by atoms with Crippen molar-refractivity contribution in [2.75, 3.05) is 0 Å². The largest absolute Gasteiger partial charge is 0.507 e.